The highest BCUT2D eigenvalue weighted by molar-refractivity contribution is 7.40. The van der Waals surface area contributed by atoms with Crippen molar-refractivity contribution < 1.29 is 28.2 Å². The van der Waals surface area contributed by atoms with Crippen LogP contribution in [-0.2, 0) is 25.0 Å². The Morgan fingerprint density at radius 3 is 2.00 bits per heavy atom. The van der Waals surface area contributed by atoms with Crippen LogP contribution in [0.25, 0.3) is 0 Å². The third-order valence-corrected chi connectivity index (χ3v) is 7.27. The Hall–Kier alpha value is -1.24. The van der Waals surface area contributed by atoms with Gasteiger partial charge in [-0.2, -0.15) is 0 Å². The molecule has 7 nitrogen and oxygen atoms in total. The number of carbonyl (C=O) groups excluding carboxylic acids is 1. The summed E-state index contributed by atoms with van der Waals surface area (Å²) in [5, 5.41) is 0. The van der Waals surface area contributed by atoms with E-state index in [4.69, 9.17) is 18.5 Å². The Morgan fingerprint density at radius 1 is 0.816 bits per heavy atom. The van der Waals surface area contributed by atoms with Crippen LogP contribution in [0.4, 0.5) is 0 Å². The quantitative estimate of drug-likeness (QED) is 0.0686. The van der Waals surface area contributed by atoms with E-state index in [1.54, 1.807) is 0 Å². The molecule has 0 aliphatic rings. The lowest BCUT2D eigenvalue weighted by molar-refractivity contribution is -0.136. The summed E-state index contributed by atoms with van der Waals surface area (Å²) in [7, 11) is 2.04. The Bertz CT molecular complexity index is 661. The molecule has 0 radical (unpaired) electrons. The van der Waals surface area contributed by atoms with Crippen molar-refractivity contribution >= 4 is 15.1 Å². The van der Waals surface area contributed by atoms with Crippen LogP contribution in [-0.4, -0.2) is 62.8 Å². The molecule has 1 aromatic carbocycles. The molecular weight excluding hydrogens is 501 g/mol. The van der Waals surface area contributed by atoms with Gasteiger partial charge in [0.25, 0.3) is 6.47 Å². The molecule has 0 saturated carbocycles. The van der Waals surface area contributed by atoms with Crippen LogP contribution in [0.15, 0.2) is 24.3 Å². The predicted molar refractivity (Wildman–Crippen MR) is 156 cm³/mol. The van der Waals surface area contributed by atoms with Crippen LogP contribution >= 0.6 is 8.60 Å². The molecule has 0 aromatic heterocycles. The zero-order valence-corrected chi connectivity index (χ0v) is 25.2. The first-order chi connectivity index (χ1) is 18.5. The Balaban J connectivity index is 2.13. The van der Waals surface area contributed by atoms with Crippen molar-refractivity contribution in [1.82, 2.24) is 4.90 Å². The van der Waals surface area contributed by atoms with Crippen molar-refractivity contribution in [2.75, 3.05) is 40.5 Å². The van der Waals surface area contributed by atoms with Gasteiger partial charge in [0.2, 0.25) is 0 Å². The lowest BCUT2D eigenvalue weighted by atomic mass is 10.0. The first-order valence-electron chi connectivity index (χ1n) is 14.8. The monoisotopic (exact) mass is 555 g/mol. The number of unbranched alkanes of at least 4 members (excludes halogenated alkanes) is 12. The molecular formula is C30H54NO6P. The van der Waals surface area contributed by atoms with E-state index < -0.39 is 14.7 Å². The van der Waals surface area contributed by atoms with Gasteiger partial charge in [-0.1, -0.05) is 89.7 Å². The maximum Gasteiger partial charge on any atom is 0.329 e. The number of carbonyl (C=O) groups is 1. The first-order valence-corrected chi connectivity index (χ1v) is 15.9. The third-order valence-electron chi connectivity index (χ3n) is 6.50. The minimum Gasteiger partial charge on any atom is -0.490 e. The zero-order valence-electron chi connectivity index (χ0n) is 24.3. The SMILES string of the molecule is CCCCCCCCCCCCCCc1ccc(OCC(COP(O)OCCCCN(C)C)OC=O)cc1. The molecule has 8 heteroatoms. The number of ether oxygens (including phenoxy) is 2. The van der Waals surface area contributed by atoms with Crippen molar-refractivity contribution in [2.45, 2.75) is 109 Å². The molecule has 1 aromatic rings. The summed E-state index contributed by atoms with van der Waals surface area (Å²) >= 11 is 0. The maximum absolute atomic E-state index is 10.8. The van der Waals surface area contributed by atoms with E-state index in [0.29, 0.717) is 18.8 Å². The molecule has 0 bridgehead atoms. The van der Waals surface area contributed by atoms with E-state index >= 15 is 0 Å². The topological polar surface area (TPSA) is 77.5 Å². The van der Waals surface area contributed by atoms with Crippen LogP contribution < -0.4 is 4.74 Å². The summed E-state index contributed by atoms with van der Waals surface area (Å²) in [6, 6.07) is 8.09. The largest absolute Gasteiger partial charge is 0.490 e. The second kappa shape index (κ2) is 24.8. The van der Waals surface area contributed by atoms with Gasteiger partial charge < -0.3 is 28.3 Å². The maximum atomic E-state index is 10.8. The molecule has 0 amide bonds. The lowest BCUT2D eigenvalue weighted by Crippen LogP contribution is -2.26. The van der Waals surface area contributed by atoms with Gasteiger partial charge in [0, 0.05) is 0 Å². The summed E-state index contributed by atoms with van der Waals surface area (Å²) in [4.78, 5) is 22.9. The van der Waals surface area contributed by atoms with Crippen LogP contribution in [0, 0.1) is 0 Å². The second-order valence-electron chi connectivity index (χ2n) is 10.3. The fourth-order valence-electron chi connectivity index (χ4n) is 4.17. The van der Waals surface area contributed by atoms with Gasteiger partial charge in [0.15, 0.2) is 6.10 Å². The predicted octanol–water partition coefficient (Wildman–Crippen LogP) is 7.44. The molecule has 0 heterocycles. The fourth-order valence-corrected chi connectivity index (χ4v) is 4.83. The van der Waals surface area contributed by atoms with Crippen molar-refractivity contribution in [3.63, 3.8) is 0 Å². The van der Waals surface area contributed by atoms with Gasteiger partial charge >= 0.3 is 8.60 Å². The average Bonchev–Trinajstić information content (AvgIpc) is 2.91. The molecule has 0 aliphatic carbocycles. The lowest BCUT2D eigenvalue weighted by Gasteiger charge is -2.18. The summed E-state index contributed by atoms with van der Waals surface area (Å²) in [6.45, 7) is 4.19. The molecule has 0 spiro atoms. The molecule has 38 heavy (non-hydrogen) atoms. The smallest absolute Gasteiger partial charge is 0.329 e. The van der Waals surface area contributed by atoms with E-state index in [2.05, 4.69) is 24.0 Å². The number of hydrogen-bond donors (Lipinski definition) is 1. The molecule has 220 valence electrons. The number of benzene rings is 1. The zero-order chi connectivity index (χ0) is 27.7. The number of nitrogens with zero attached hydrogens (tertiary/aromatic N) is 1. The average molecular weight is 556 g/mol. The highest BCUT2D eigenvalue weighted by atomic mass is 31.2. The van der Waals surface area contributed by atoms with Gasteiger partial charge in [0.1, 0.15) is 12.4 Å². The van der Waals surface area contributed by atoms with Crippen LogP contribution in [0.2, 0.25) is 0 Å². The van der Waals surface area contributed by atoms with Gasteiger partial charge in [0.05, 0.1) is 13.2 Å². The molecule has 0 saturated heterocycles. The molecule has 2 unspecified atom stereocenters. The van der Waals surface area contributed by atoms with Crippen molar-refractivity contribution in [3.05, 3.63) is 29.8 Å². The Kier molecular flexibility index (Phi) is 22.7. The normalized spacial score (nSPS) is 13.0. The van der Waals surface area contributed by atoms with Crippen molar-refractivity contribution in [1.29, 1.82) is 0 Å². The number of aryl methyl sites for hydroxylation is 1. The fraction of sp³-hybridized carbons (Fsp3) is 0.767. The molecule has 1 N–H and O–H groups in total. The van der Waals surface area contributed by atoms with Gasteiger partial charge in [-0.3, -0.25) is 4.79 Å². The summed E-state index contributed by atoms with van der Waals surface area (Å²) in [5.41, 5.74) is 1.31. The minimum absolute atomic E-state index is 0.00961. The first kappa shape index (κ1) is 34.8. The Morgan fingerprint density at radius 2 is 1.42 bits per heavy atom. The van der Waals surface area contributed by atoms with E-state index in [0.717, 1.165) is 25.8 Å². The Labute approximate surface area is 233 Å². The van der Waals surface area contributed by atoms with Gasteiger partial charge in [-0.05, 0) is 64.0 Å². The third kappa shape index (κ3) is 20.7. The standard InChI is InChI=1S/C30H54NO6P/c1-4-5-6-7-8-9-10-11-12-13-14-15-18-28-19-21-29(22-20-28)34-25-30(35-27-32)26-37-38(33)36-24-17-16-23-31(2)3/h19-22,27,30,33H,4-18,23-26H2,1-3H3. The van der Waals surface area contributed by atoms with Crippen LogP contribution in [0.3, 0.4) is 0 Å². The van der Waals surface area contributed by atoms with Crippen molar-refractivity contribution in [3.8, 4) is 5.75 Å². The van der Waals surface area contributed by atoms with Crippen LogP contribution in [0.1, 0.15) is 102 Å². The highest BCUT2D eigenvalue weighted by Crippen LogP contribution is 2.33. The van der Waals surface area contributed by atoms with E-state index in [-0.39, 0.29) is 13.2 Å². The minimum atomic E-state index is -2.01. The highest BCUT2D eigenvalue weighted by Gasteiger charge is 2.16. The number of rotatable bonds is 27. The molecule has 0 aliphatic heterocycles. The number of hydrogen-bond acceptors (Lipinski definition) is 7. The van der Waals surface area contributed by atoms with Crippen molar-refractivity contribution in [2.24, 2.45) is 0 Å². The summed E-state index contributed by atoms with van der Waals surface area (Å²) in [6.07, 6.45) is 18.6. The van der Waals surface area contributed by atoms with Gasteiger partial charge in [-0.15, -0.1) is 0 Å². The molecule has 1 rings (SSSR count). The van der Waals surface area contributed by atoms with E-state index in [9.17, 15) is 9.69 Å². The second-order valence-corrected chi connectivity index (χ2v) is 11.3. The van der Waals surface area contributed by atoms with Crippen LogP contribution in [0.5, 0.6) is 5.75 Å². The summed E-state index contributed by atoms with van der Waals surface area (Å²) in [5.74, 6) is 0.714. The summed E-state index contributed by atoms with van der Waals surface area (Å²) < 4.78 is 21.5. The molecule has 0 fully saturated rings. The van der Waals surface area contributed by atoms with E-state index in [1.165, 1.54) is 82.6 Å². The van der Waals surface area contributed by atoms with Gasteiger partial charge in [-0.25, -0.2) is 0 Å². The van der Waals surface area contributed by atoms with E-state index in [1.807, 2.05) is 26.2 Å². The molecule has 2 atom stereocenters.